The summed E-state index contributed by atoms with van der Waals surface area (Å²) in [6.07, 6.45) is 2.46. The van der Waals surface area contributed by atoms with Gasteiger partial charge in [-0.3, -0.25) is 9.98 Å². The van der Waals surface area contributed by atoms with E-state index in [0.29, 0.717) is 27.2 Å². The van der Waals surface area contributed by atoms with Gasteiger partial charge in [0.15, 0.2) is 11.1 Å². The number of aliphatic hydroxyl groups excluding tert-OH is 1. The van der Waals surface area contributed by atoms with Crippen LogP contribution < -0.4 is 21.7 Å². The molecule has 0 aliphatic carbocycles. The van der Waals surface area contributed by atoms with Crippen LogP contribution in [0.15, 0.2) is 46.3 Å². The molecule has 0 bridgehead atoms. The average Bonchev–Trinajstić information content (AvgIpc) is 3.22. The second kappa shape index (κ2) is 8.01. The van der Waals surface area contributed by atoms with Crippen molar-refractivity contribution < 1.29 is 10.2 Å². The molecule has 0 spiro atoms. The summed E-state index contributed by atoms with van der Waals surface area (Å²) in [5.74, 6) is 0.197. The van der Waals surface area contributed by atoms with Gasteiger partial charge in [0, 0.05) is 22.0 Å². The SMILES string of the molecule is CC(O)CN=c1cc(Nc2cccc(Cl)c2)nc2c(=Cc3[nH]c(=O)[nH]c3O)cnn12. The molecule has 0 aliphatic rings. The Morgan fingerprint density at radius 1 is 1.37 bits per heavy atom. The Hall–Kier alpha value is -3.63. The Morgan fingerprint density at radius 2 is 2.20 bits per heavy atom. The highest BCUT2D eigenvalue weighted by molar-refractivity contribution is 6.30. The molecule has 0 saturated carbocycles. The van der Waals surface area contributed by atoms with Gasteiger partial charge in [-0.25, -0.2) is 9.78 Å². The Balaban J connectivity index is 1.89. The van der Waals surface area contributed by atoms with Crippen LogP contribution in [-0.2, 0) is 0 Å². The normalized spacial score (nSPS) is 13.8. The summed E-state index contributed by atoms with van der Waals surface area (Å²) in [6, 6.07) is 8.87. The van der Waals surface area contributed by atoms with E-state index in [9.17, 15) is 15.0 Å². The zero-order chi connectivity index (χ0) is 21.3. The second-order valence-electron chi connectivity index (χ2n) is 6.65. The summed E-state index contributed by atoms with van der Waals surface area (Å²) in [5, 5.41) is 28.1. The van der Waals surface area contributed by atoms with Crippen molar-refractivity contribution in [3.63, 3.8) is 0 Å². The molecule has 154 valence electrons. The highest BCUT2D eigenvalue weighted by Gasteiger charge is 2.09. The molecule has 10 nitrogen and oxygen atoms in total. The molecule has 30 heavy (non-hydrogen) atoms. The number of nitrogens with zero attached hydrogens (tertiary/aromatic N) is 4. The smallest absolute Gasteiger partial charge is 0.326 e. The van der Waals surface area contributed by atoms with E-state index in [0.717, 1.165) is 5.69 Å². The number of benzene rings is 1. The van der Waals surface area contributed by atoms with Crippen LogP contribution in [0.3, 0.4) is 0 Å². The minimum Gasteiger partial charge on any atom is -0.493 e. The Morgan fingerprint density at radius 3 is 2.90 bits per heavy atom. The van der Waals surface area contributed by atoms with Crippen LogP contribution in [0.25, 0.3) is 11.7 Å². The maximum Gasteiger partial charge on any atom is 0.326 e. The van der Waals surface area contributed by atoms with Gasteiger partial charge in [0.2, 0.25) is 5.88 Å². The lowest BCUT2D eigenvalue weighted by molar-refractivity contribution is 0.202. The van der Waals surface area contributed by atoms with Crippen molar-refractivity contribution in [2.45, 2.75) is 13.0 Å². The van der Waals surface area contributed by atoms with Crippen LogP contribution in [0.2, 0.25) is 5.02 Å². The summed E-state index contributed by atoms with van der Waals surface area (Å²) in [7, 11) is 0. The van der Waals surface area contributed by atoms with E-state index in [2.05, 4.69) is 30.4 Å². The zero-order valence-corrected chi connectivity index (χ0v) is 16.6. The molecule has 1 atom stereocenters. The minimum atomic E-state index is -0.624. The fourth-order valence-electron chi connectivity index (χ4n) is 2.83. The molecule has 0 aliphatic heterocycles. The number of anilines is 2. The summed E-state index contributed by atoms with van der Waals surface area (Å²) in [4.78, 5) is 25.2. The zero-order valence-electron chi connectivity index (χ0n) is 15.8. The summed E-state index contributed by atoms with van der Waals surface area (Å²) in [6.45, 7) is 1.82. The molecule has 5 N–H and O–H groups in total. The molecule has 11 heteroatoms. The van der Waals surface area contributed by atoms with Gasteiger partial charge >= 0.3 is 5.69 Å². The van der Waals surface area contributed by atoms with Crippen molar-refractivity contribution >= 4 is 34.8 Å². The van der Waals surface area contributed by atoms with E-state index in [4.69, 9.17) is 11.6 Å². The monoisotopic (exact) mass is 427 g/mol. The summed E-state index contributed by atoms with van der Waals surface area (Å²) < 4.78 is 1.51. The molecular weight excluding hydrogens is 410 g/mol. The Kier molecular flexibility index (Phi) is 5.25. The van der Waals surface area contributed by atoms with Gasteiger partial charge in [-0.2, -0.15) is 9.61 Å². The molecule has 4 rings (SSSR count). The van der Waals surface area contributed by atoms with E-state index in [-0.39, 0.29) is 18.1 Å². The first-order chi connectivity index (χ1) is 14.4. The van der Waals surface area contributed by atoms with Crippen LogP contribution in [0, 0.1) is 0 Å². The molecule has 0 saturated heterocycles. The number of aromatic amines is 2. The van der Waals surface area contributed by atoms with Crippen molar-refractivity contribution in [3.8, 4) is 5.88 Å². The Bertz CT molecular complexity index is 1390. The third kappa shape index (κ3) is 4.19. The molecule has 4 aromatic rings. The first kappa shape index (κ1) is 19.7. The van der Waals surface area contributed by atoms with Crippen LogP contribution in [0.1, 0.15) is 12.6 Å². The average molecular weight is 428 g/mol. The quantitative estimate of drug-likeness (QED) is 0.317. The lowest BCUT2D eigenvalue weighted by Crippen LogP contribution is -2.21. The topological polar surface area (TPSA) is 144 Å². The standard InChI is InChI=1S/C19H18ClN7O3/c1-10(28)8-21-16-7-15(23-13-4-2-3-12(20)6-13)25-17-11(9-22-27(16)17)5-14-18(29)26-19(30)24-14/h2-7,9-10,23,28-29H,8H2,1H3,(H2,24,26,30). The van der Waals surface area contributed by atoms with E-state index in [1.54, 1.807) is 31.2 Å². The summed E-state index contributed by atoms with van der Waals surface area (Å²) >= 11 is 6.06. The molecule has 3 aromatic heterocycles. The molecule has 1 aromatic carbocycles. The lowest BCUT2D eigenvalue weighted by Gasteiger charge is -2.07. The number of nitrogens with one attached hydrogen (secondary N) is 3. The fraction of sp³-hybridized carbons (Fsp3) is 0.158. The third-order valence-corrected chi connectivity index (χ3v) is 4.37. The molecule has 0 fully saturated rings. The number of hydrogen-bond acceptors (Lipinski definition) is 7. The maximum atomic E-state index is 11.4. The number of aromatic nitrogens is 5. The number of aromatic hydroxyl groups is 1. The lowest BCUT2D eigenvalue weighted by atomic mass is 10.3. The van der Waals surface area contributed by atoms with Gasteiger partial charge in [-0.1, -0.05) is 17.7 Å². The van der Waals surface area contributed by atoms with Gasteiger partial charge in [0.1, 0.15) is 11.5 Å². The van der Waals surface area contributed by atoms with Gasteiger partial charge in [0.25, 0.3) is 0 Å². The van der Waals surface area contributed by atoms with Crippen molar-refractivity contribution in [1.29, 1.82) is 0 Å². The van der Waals surface area contributed by atoms with Crippen molar-refractivity contribution in [3.05, 3.63) is 68.4 Å². The highest BCUT2D eigenvalue weighted by Crippen LogP contribution is 2.18. The predicted molar refractivity (Wildman–Crippen MR) is 112 cm³/mol. The third-order valence-electron chi connectivity index (χ3n) is 4.13. The van der Waals surface area contributed by atoms with Crippen molar-refractivity contribution in [2.75, 3.05) is 11.9 Å². The largest absolute Gasteiger partial charge is 0.493 e. The van der Waals surface area contributed by atoms with Gasteiger partial charge in [-0.05, 0) is 31.2 Å². The van der Waals surface area contributed by atoms with E-state index < -0.39 is 11.8 Å². The molecule has 0 amide bonds. The number of fused-ring (bicyclic) bond motifs is 1. The van der Waals surface area contributed by atoms with Crippen molar-refractivity contribution in [2.24, 2.45) is 4.99 Å². The van der Waals surface area contributed by atoms with Crippen LogP contribution in [-0.4, -0.2) is 47.4 Å². The van der Waals surface area contributed by atoms with Gasteiger partial charge < -0.3 is 20.5 Å². The number of H-pyrrole nitrogens is 2. The minimum absolute atomic E-state index is 0.181. The van der Waals surface area contributed by atoms with Gasteiger partial charge in [-0.15, -0.1) is 0 Å². The van der Waals surface area contributed by atoms with E-state index >= 15 is 0 Å². The summed E-state index contributed by atoms with van der Waals surface area (Å²) in [5.41, 5.74) is 1.31. The van der Waals surface area contributed by atoms with Gasteiger partial charge in [0.05, 0.1) is 18.8 Å². The van der Waals surface area contributed by atoms with E-state index in [1.807, 2.05) is 12.1 Å². The first-order valence-electron chi connectivity index (χ1n) is 9.02. The number of imidazole rings is 1. The van der Waals surface area contributed by atoms with E-state index in [1.165, 1.54) is 10.7 Å². The Labute approximate surface area is 174 Å². The number of hydrogen-bond donors (Lipinski definition) is 5. The number of rotatable bonds is 5. The predicted octanol–water partition coefficient (Wildman–Crippen LogP) is 0.677. The number of halogens is 1. The highest BCUT2D eigenvalue weighted by atomic mass is 35.5. The molecule has 1 unspecified atom stereocenters. The van der Waals surface area contributed by atoms with Crippen molar-refractivity contribution in [1.82, 2.24) is 24.6 Å². The van der Waals surface area contributed by atoms with Crippen LogP contribution in [0.5, 0.6) is 5.88 Å². The first-order valence-corrected chi connectivity index (χ1v) is 9.40. The second-order valence-corrected chi connectivity index (χ2v) is 7.08. The molecular formula is C19H18ClN7O3. The number of aliphatic hydroxyl groups is 1. The molecule has 3 heterocycles. The molecule has 0 radical (unpaired) electrons. The van der Waals surface area contributed by atoms with Crippen LogP contribution in [0.4, 0.5) is 11.5 Å². The van der Waals surface area contributed by atoms with Crippen LogP contribution >= 0.6 is 11.6 Å². The fourth-order valence-corrected chi connectivity index (χ4v) is 3.02. The maximum absolute atomic E-state index is 11.4.